The Kier molecular flexibility index (Phi) is 10.5. The zero-order valence-electron chi connectivity index (χ0n) is 29.1. The number of alkyl carbamates (subject to hydrolysis) is 1. The quantitative estimate of drug-likeness (QED) is 0.203. The van der Waals surface area contributed by atoms with E-state index in [9.17, 15) is 32.4 Å². The number of likely N-dealkylation sites (N-methyl/N-ethyl adjacent to an activating group) is 1. The Morgan fingerprint density at radius 3 is 2.47 bits per heavy atom. The number of benzene rings is 1. The molecular formula is C35H44N6O9S. The Bertz CT molecular complexity index is 1850. The van der Waals surface area contributed by atoms with Crippen LogP contribution in [0.25, 0.3) is 10.8 Å². The van der Waals surface area contributed by atoms with Crippen molar-refractivity contribution in [3.63, 3.8) is 0 Å². The third-order valence-corrected chi connectivity index (χ3v) is 10.8. The number of fused-ring (bicyclic) bond motifs is 1. The molecule has 5 rings (SSSR count). The van der Waals surface area contributed by atoms with Gasteiger partial charge in [0, 0.05) is 31.0 Å². The molecule has 15 nitrogen and oxygen atoms in total. The smallest absolute Gasteiger partial charge is 0.408 e. The minimum absolute atomic E-state index is 0.0418. The summed E-state index contributed by atoms with van der Waals surface area (Å²) in [5.74, 6) is -3.15. The number of likely N-dealkylation sites (tertiary alicyclic amines) is 1. The number of amides is 5. The highest BCUT2D eigenvalue weighted by Gasteiger charge is 2.62. The first-order chi connectivity index (χ1) is 24.0. The van der Waals surface area contributed by atoms with Crippen molar-refractivity contribution in [2.75, 3.05) is 20.1 Å². The number of nitrogens with zero attached hydrogens (tertiary/aromatic N) is 3. The highest BCUT2D eigenvalue weighted by Crippen LogP contribution is 2.45. The molecule has 5 atom stereocenters. The van der Waals surface area contributed by atoms with Gasteiger partial charge in [-0.25, -0.2) is 18.2 Å². The van der Waals surface area contributed by atoms with Gasteiger partial charge in [-0.15, -0.1) is 6.58 Å². The molecule has 274 valence electrons. The Labute approximate surface area is 296 Å². The summed E-state index contributed by atoms with van der Waals surface area (Å²) >= 11 is 0. The molecule has 1 saturated heterocycles. The lowest BCUT2D eigenvalue weighted by Crippen LogP contribution is -2.60. The second-order valence-corrected chi connectivity index (χ2v) is 16.1. The first-order valence-electron chi connectivity index (χ1n) is 16.7. The number of carbonyl (C=O) groups is 5. The Balaban J connectivity index is 1.45. The van der Waals surface area contributed by atoms with Gasteiger partial charge >= 0.3 is 6.09 Å². The SMILES string of the molecule is C=CC(=O)N(C)CC(NC(=O)OC(C)(C)C)C(=O)N1CC(Oc2nccc3ccccc23)CC1C(=O)NC1(C(=O)NS(=O)(=O)C2CC2)CC1C=C. The van der Waals surface area contributed by atoms with Gasteiger partial charge in [-0.05, 0) is 63.6 Å². The monoisotopic (exact) mass is 724 g/mol. The van der Waals surface area contributed by atoms with Gasteiger partial charge in [0.2, 0.25) is 33.6 Å². The van der Waals surface area contributed by atoms with Crippen LogP contribution in [0.1, 0.15) is 46.5 Å². The standard InChI is InChI=1S/C35H44N6O9S/c1-7-22-18-35(22,32(45)39-51(47,48)24-13-14-24)38-29(43)27-17-23(49-30-25-12-10-9-11-21(25)15-16-36-30)19-41(27)31(44)26(20-40(6)28(42)8-2)37-33(46)50-34(3,4)5/h7-12,15-16,22-24,26-27H,1-2,13-14,17-20H2,3-6H3,(H,37,46)(H,38,43)(H,39,45). The number of rotatable bonds is 13. The molecule has 51 heavy (non-hydrogen) atoms. The summed E-state index contributed by atoms with van der Waals surface area (Å²) in [7, 11) is -2.50. The van der Waals surface area contributed by atoms with Gasteiger partial charge in [-0.2, -0.15) is 0 Å². The fraction of sp³-hybridized carbons (Fsp3) is 0.486. The van der Waals surface area contributed by atoms with Gasteiger partial charge in [0.05, 0.1) is 18.3 Å². The zero-order valence-corrected chi connectivity index (χ0v) is 29.9. The fourth-order valence-corrected chi connectivity index (χ4v) is 7.46. The van der Waals surface area contributed by atoms with Gasteiger partial charge in [0.25, 0.3) is 5.91 Å². The number of hydrogen-bond donors (Lipinski definition) is 3. The average molecular weight is 725 g/mol. The summed E-state index contributed by atoms with van der Waals surface area (Å²) in [5, 5.41) is 6.16. The molecule has 2 heterocycles. The second-order valence-electron chi connectivity index (χ2n) is 14.1. The van der Waals surface area contributed by atoms with Crippen LogP contribution >= 0.6 is 0 Å². The molecule has 5 unspecified atom stereocenters. The predicted octanol–water partition coefficient (Wildman–Crippen LogP) is 1.79. The molecule has 2 aromatic rings. The summed E-state index contributed by atoms with van der Waals surface area (Å²) in [6, 6.07) is 6.61. The van der Waals surface area contributed by atoms with E-state index in [2.05, 4.69) is 33.5 Å². The summed E-state index contributed by atoms with van der Waals surface area (Å²) < 4.78 is 39.1. The van der Waals surface area contributed by atoms with E-state index < -0.39 is 80.2 Å². The first kappa shape index (κ1) is 37.3. The van der Waals surface area contributed by atoms with E-state index in [1.54, 1.807) is 27.0 Å². The van der Waals surface area contributed by atoms with Crippen molar-refractivity contribution in [3.05, 3.63) is 61.8 Å². The van der Waals surface area contributed by atoms with Gasteiger partial charge in [-0.3, -0.25) is 23.9 Å². The van der Waals surface area contributed by atoms with E-state index in [4.69, 9.17) is 9.47 Å². The first-order valence-corrected chi connectivity index (χ1v) is 18.2. The molecule has 2 aliphatic carbocycles. The van der Waals surface area contributed by atoms with Crippen LogP contribution in [0.2, 0.25) is 0 Å². The molecule has 5 amide bonds. The van der Waals surface area contributed by atoms with E-state index in [0.717, 1.165) is 11.5 Å². The summed E-state index contributed by atoms with van der Waals surface area (Å²) in [5.41, 5.74) is -2.51. The molecule has 3 aliphatic rings. The number of carbonyl (C=O) groups excluding carboxylic acids is 5. The van der Waals surface area contributed by atoms with E-state index in [0.29, 0.717) is 18.2 Å². The van der Waals surface area contributed by atoms with Crippen molar-refractivity contribution in [2.45, 2.75) is 81.0 Å². The van der Waals surface area contributed by atoms with Gasteiger partial charge in [-0.1, -0.05) is 30.9 Å². The topological polar surface area (TPSA) is 193 Å². The van der Waals surface area contributed by atoms with Crippen molar-refractivity contribution >= 4 is 50.5 Å². The normalized spacial score (nSPS) is 23.4. The van der Waals surface area contributed by atoms with E-state index in [-0.39, 0.29) is 31.8 Å². The largest absolute Gasteiger partial charge is 0.472 e. The van der Waals surface area contributed by atoms with Crippen molar-refractivity contribution < 1.29 is 41.9 Å². The second kappa shape index (κ2) is 14.3. The maximum absolute atomic E-state index is 14.4. The predicted molar refractivity (Wildman–Crippen MR) is 187 cm³/mol. The molecule has 1 aliphatic heterocycles. The summed E-state index contributed by atoms with van der Waals surface area (Å²) in [4.78, 5) is 74.1. The van der Waals surface area contributed by atoms with Crippen LogP contribution in [0.15, 0.2) is 61.8 Å². The highest BCUT2D eigenvalue weighted by atomic mass is 32.2. The van der Waals surface area contributed by atoms with Crippen LogP contribution in [-0.2, 0) is 33.9 Å². The number of pyridine rings is 1. The van der Waals surface area contributed by atoms with Gasteiger partial charge in [0.1, 0.15) is 29.3 Å². The third kappa shape index (κ3) is 8.49. The van der Waals surface area contributed by atoms with Crippen LogP contribution in [-0.4, -0.2) is 108 Å². The molecule has 0 spiro atoms. The van der Waals surface area contributed by atoms with Crippen molar-refractivity contribution in [1.82, 2.24) is 30.1 Å². The fourth-order valence-electron chi connectivity index (χ4n) is 6.09. The molecule has 3 fully saturated rings. The lowest BCUT2D eigenvalue weighted by molar-refractivity contribution is -0.141. The summed E-state index contributed by atoms with van der Waals surface area (Å²) in [6.07, 6.45) is 3.34. The van der Waals surface area contributed by atoms with Crippen LogP contribution < -0.4 is 20.1 Å². The minimum atomic E-state index is -3.93. The number of hydrogen-bond acceptors (Lipinski definition) is 10. The molecule has 1 aromatic carbocycles. The number of nitrogens with one attached hydrogen (secondary N) is 3. The Morgan fingerprint density at radius 2 is 1.84 bits per heavy atom. The van der Waals surface area contributed by atoms with Crippen molar-refractivity contribution in [1.29, 1.82) is 0 Å². The van der Waals surface area contributed by atoms with Crippen LogP contribution in [0.5, 0.6) is 5.88 Å². The Morgan fingerprint density at radius 1 is 1.14 bits per heavy atom. The van der Waals surface area contributed by atoms with Crippen LogP contribution in [0.4, 0.5) is 4.79 Å². The molecule has 3 N–H and O–H groups in total. The maximum atomic E-state index is 14.4. The molecule has 16 heteroatoms. The molecule has 2 saturated carbocycles. The van der Waals surface area contributed by atoms with E-state index in [1.807, 2.05) is 30.3 Å². The molecule has 0 radical (unpaired) electrons. The average Bonchev–Trinajstić information content (AvgIpc) is 3.99. The van der Waals surface area contributed by atoms with Crippen molar-refractivity contribution in [2.24, 2.45) is 5.92 Å². The lowest BCUT2D eigenvalue weighted by Gasteiger charge is -2.31. The number of ether oxygens (including phenoxy) is 2. The molecular weight excluding hydrogens is 680 g/mol. The third-order valence-electron chi connectivity index (χ3n) is 9.01. The highest BCUT2D eigenvalue weighted by molar-refractivity contribution is 7.91. The molecule has 0 bridgehead atoms. The van der Waals surface area contributed by atoms with Gasteiger partial charge in [0.15, 0.2) is 0 Å². The number of aromatic nitrogens is 1. The zero-order chi connectivity index (χ0) is 37.3. The van der Waals surface area contributed by atoms with Crippen LogP contribution in [0.3, 0.4) is 0 Å². The summed E-state index contributed by atoms with van der Waals surface area (Å²) in [6.45, 7) is 11.7. The van der Waals surface area contributed by atoms with Crippen LogP contribution in [0, 0.1) is 5.92 Å². The molecule has 1 aromatic heterocycles. The Hall–Kier alpha value is -4.99. The van der Waals surface area contributed by atoms with E-state index >= 15 is 0 Å². The minimum Gasteiger partial charge on any atom is -0.472 e. The van der Waals surface area contributed by atoms with E-state index in [1.165, 1.54) is 22.9 Å². The maximum Gasteiger partial charge on any atom is 0.408 e. The van der Waals surface area contributed by atoms with Crippen molar-refractivity contribution in [3.8, 4) is 5.88 Å². The van der Waals surface area contributed by atoms with Gasteiger partial charge < -0.3 is 29.9 Å². The lowest BCUT2D eigenvalue weighted by atomic mass is 10.1. The number of sulfonamides is 1.